The zero-order chi connectivity index (χ0) is 11.0. The van der Waals surface area contributed by atoms with Gasteiger partial charge in [-0.3, -0.25) is 0 Å². The third kappa shape index (κ3) is 3.11. The highest BCUT2D eigenvalue weighted by atomic mass is 28.1. The maximum atomic E-state index is 3.89. The van der Waals surface area contributed by atoms with Gasteiger partial charge in [-0.25, -0.2) is 0 Å². The molecule has 0 saturated heterocycles. The number of hydrogen-bond donors (Lipinski definition) is 0. The molecule has 0 nitrogen and oxygen atoms in total. The fourth-order valence-electron chi connectivity index (χ4n) is 2.63. The average molecular weight is 209 g/mol. The Morgan fingerprint density at radius 1 is 0.929 bits per heavy atom. The Kier molecular flexibility index (Phi) is 3.51. The Bertz CT molecular complexity index is 162. The lowest BCUT2D eigenvalue weighted by Gasteiger charge is -2.42. The second kappa shape index (κ2) is 4.00. The molecule has 14 heavy (non-hydrogen) atoms. The molecule has 0 bridgehead atoms. The van der Waals surface area contributed by atoms with Gasteiger partial charge in [-0.05, 0) is 35.1 Å². The van der Waals surface area contributed by atoms with Crippen LogP contribution >= 0.6 is 0 Å². The minimum Gasteiger partial charge on any atom is -0.0628 e. The zero-order valence-electron chi connectivity index (χ0n) is 10.5. The zero-order valence-corrected chi connectivity index (χ0v) is 11.5. The molecule has 1 rings (SSSR count). The van der Waals surface area contributed by atoms with Gasteiger partial charge in [0, 0.05) is 10.2 Å². The van der Waals surface area contributed by atoms with Crippen LogP contribution in [0.1, 0.15) is 60.3 Å². The molecular formula is C13H25Si. The average Bonchev–Trinajstić information content (AvgIpc) is 2.01. The topological polar surface area (TPSA) is 0 Å². The van der Waals surface area contributed by atoms with Crippen LogP contribution in [0.2, 0.25) is 5.04 Å². The summed E-state index contributed by atoms with van der Waals surface area (Å²) < 4.78 is 0. The van der Waals surface area contributed by atoms with Crippen molar-refractivity contribution in [1.82, 2.24) is 0 Å². The maximum Gasteiger partial charge on any atom is 0.0309 e. The van der Waals surface area contributed by atoms with E-state index in [4.69, 9.17) is 0 Å². The summed E-state index contributed by atoms with van der Waals surface area (Å²) in [5, 5.41) is 0.323. The van der Waals surface area contributed by atoms with Crippen LogP contribution in [0.5, 0.6) is 0 Å². The molecule has 81 valence electrons. The molecule has 0 aromatic carbocycles. The first-order valence-corrected chi connectivity index (χ1v) is 6.46. The first-order chi connectivity index (χ1) is 6.21. The van der Waals surface area contributed by atoms with E-state index in [0.717, 1.165) is 11.8 Å². The Morgan fingerprint density at radius 2 is 1.43 bits per heavy atom. The van der Waals surface area contributed by atoms with Crippen molar-refractivity contribution >= 4 is 10.2 Å². The number of rotatable bonds is 1. The molecule has 0 heterocycles. The van der Waals surface area contributed by atoms with Gasteiger partial charge in [0.1, 0.15) is 0 Å². The summed E-state index contributed by atoms with van der Waals surface area (Å²) in [6.07, 6.45) is 5.66. The molecule has 0 aliphatic heterocycles. The van der Waals surface area contributed by atoms with Crippen molar-refractivity contribution < 1.29 is 0 Å². The van der Waals surface area contributed by atoms with Crippen molar-refractivity contribution in [3.05, 3.63) is 0 Å². The van der Waals surface area contributed by atoms with Crippen LogP contribution in [-0.4, -0.2) is 10.2 Å². The molecule has 1 heteroatoms. The quantitative estimate of drug-likeness (QED) is 0.568. The normalized spacial score (nSPS) is 30.4. The molecule has 1 saturated carbocycles. The first-order valence-electron chi connectivity index (χ1n) is 5.96. The SMILES string of the molecule is CC(C)(C)C1CCCC(C(C)(C)[Si])C1. The van der Waals surface area contributed by atoms with Crippen molar-refractivity contribution in [1.29, 1.82) is 0 Å². The van der Waals surface area contributed by atoms with Gasteiger partial charge >= 0.3 is 0 Å². The lowest BCUT2D eigenvalue weighted by Crippen LogP contribution is -2.31. The summed E-state index contributed by atoms with van der Waals surface area (Å²) in [5.41, 5.74) is 0.496. The lowest BCUT2D eigenvalue weighted by molar-refractivity contribution is 0.124. The van der Waals surface area contributed by atoms with Crippen LogP contribution in [0.4, 0.5) is 0 Å². The van der Waals surface area contributed by atoms with Crippen LogP contribution in [0.3, 0.4) is 0 Å². The van der Waals surface area contributed by atoms with Crippen LogP contribution in [0.15, 0.2) is 0 Å². The van der Waals surface area contributed by atoms with Gasteiger partial charge in [0.2, 0.25) is 0 Å². The Balaban J connectivity index is 2.61. The third-order valence-corrected chi connectivity index (χ3v) is 4.33. The minimum atomic E-state index is 0.323. The van der Waals surface area contributed by atoms with Gasteiger partial charge in [0.05, 0.1) is 0 Å². The summed E-state index contributed by atoms with van der Waals surface area (Å²) in [4.78, 5) is 0. The highest BCUT2D eigenvalue weighted by Crippen LogP contribution is 2.47. The summed E-state index contributed by atoms with van der Waals surface area (Å²) in [6.45, 7) is 11.8. The standard InChI is InChI=1S/C13H25Si/c1-12(2,3)10-7-6-8-11(9-10)13(4,5)14/h10-11H,6-9H2,1-5H3. The third-order valence-electron chi connectivity index (χ3n) is 3.92. The molecule has 0 amide bonds. The molecule has 2 unspecified atom stereocenters. The highest BCUT2D eigenvalue weighted by Gasteiger charge is 2.35. The fraction of sp³-hybridized carbons (Fsp3) is 1.00. The van der Waals surface area contributed by atoms with Crippen LogP contribution in [0, 0.1) is 17.3 Å². The molecule has 2 atom stereocenters. The highest BCUT2D eigenvalue weighted by molar-refractivity contribution is 6.14. The summed E-state index contributed by atoms with van der Waals surface area (Å²) in [6, 6.07) is 0. The van der Waals surface area contributed by atoms with Crippen LogP contribution in [0.25, 0.3) is 0 Å². The van der Waals surface area contributed by atoms with Gasteiger partial charge < -0.3 is 0 Å². The Morgan fingerprint density at radius 3 is 1.86 bits per heavy atom. The van der Waals surface area contributed by atoms with Crippen molar-refractivity contribution in [3.63, 3.8) is 0 Å². The molecular weight excluding hydrogens is 184 g/mol. The van der Waals surface area contributed by atoms with E-state index < -0.39 is 0 Å². The Hall–Kier alpha value is 0.217. The fourth-order valence-corrected chi connectivity index (χ4v) is 2.89. The molecule has 0 aromatic rings. The molecule has 1 aliphatic carbocycles. The smallest absolute Gasteiger partial charge is 0.0309 e. The predicted octanol–water partition coefficient (Wildman–Crippen LogP) is 4.21. The molecule has 0 spiro atoms. The van der Waals surface area contributed by atoms with Crippen LogP contribution in [-0.2, 0) is 0 Å². The number of hydrogen-bond acceptors (Lipinski definition) is 0. The second-order valence-corrected chi connectivity index (χ2v) is 7.94. The van der Waals surface area contributed by atoms with Gasteiger partial charge in [-0.15, -0.1) is 0 Å². The molecule has 3 radical (unpaired) electrons. The molecule has 1 fully saturated rings. The first kappa shape index (κ1) is 12.3. The van der Waals surface area contributed by atoms with E-state index in [-0.39, 0.29) is 0 Å². The molecule has 0 N–H and O–H groups in total. The lowest BCUT2D eigenvalue weighted by atomic mass is 9.66. The van der Waals surface area contributed by atoms with Crippen molar-refractivity contribution in [3.8, 4) is 0 Å². The summed E-state index contributed by atoms with van der Waals surface area (Å²) >= 11 is 0. The van der Waals surface area contributed by atoms with Crippen molar-refractivity contribution in [2.24, 2.45) is 17.3 Å². The van der Waals surface area contributed by atoms with Gasteiger partial charge in [0.15, 0.2) is 0 Å². The summed E-state index contributed by atoms with van der Waals surface area (Å²) in [7, 11) is 3.89. The minimum absolute atomic E-state index is 0.323. The van der Waals surface area contributed by atoms with E-state index in [9.17, 15) is 0 Å². The predicted molar refractivity (Wildman–Crippen MR) is 64.7 cm³/mol. The van der Waals surface area contributed by atoms with E-state index in [2.05, 4.69) is 44.9 Å². The van der Waals surface area contributed by atoms with E-state index >= 15 is 0 Å². The van der Waals surface area contributed by atoms with Crippen molar-refractivity contribution in [2.75, 3.05) is 0 Å². The monoisotopic (exact) mass is 209 g/mol. The largest absolute Gasteiger partial charge is 0.0628 e. The van der Waals surface area contributed by atoms with E-state index in [1.54, 1.807) is 0 Å². The van der Waals surface area contributed by atoms with Gasteiger partial charge in [-0.2, -0.15) is 0 Å². The second-order valence-electron chi connectivity index (χ2n) is 6.65. The summed E-state index contributed by atoms with van der Waals surface area (Å²) in [5.74, 6) is 1.77. The van der Waals surface area contributed by atoms with Gasteiger partial charge in [0.25, 0.3) is 0 Å². The van der Waals surface area contributed by atoms with Crippen molar-refractivity contribution in [2.45, 2.75) is 65.3 Å². The van der Waals surface area contributed by atoms with E-state index in [1.807, 2.05) is 0 Å². The van der Waals surface area contributed by atoms with E-state index in [0.29, 0.717) is 10.5 Å². The molecule has 1 aliphatic rings. The maximum absolute atomic E-state index is 3.89. The van der Waals surface area contributed by atoms with Gasteiger partial charge in [-0.1, -0.05) is 47.5 Å². The molecule has 0 aromatic heterocycles. The Labute approximate surface area is 93.3 Å². The van der Waals surface area contributed by atoms with Crippen LogP contribution < -0.4 is 0 Å². The van der Waals surface area contributed by atoms with E-state index in [1.165, 1.54) is 25.7 Å².